The Morgan fingerprint density at radius 2 is 2.11 bits per heavy atom. The lowest BCUT2D eigenvalue weighted by Crippen LogP contribution is -2.32. The van der Waals surface area contributed by atoms with Crippen molar-refractivity contribution >= 4 is 16.8 Å². The maximum Gasteiger partial charge on any atom is 0.338 e. The maximum absolute atomic E-state index is 11.0. The summed E-state index contributed by atoms with van der Waals surface area (Å²) in [7, 11) is 3.16. The summed E-state index contributed by atoms with van der Waals surface area (Å²) in [5.74, 6) is 0.791. The molecule has 0 saturated carbocycles. The smallest absolute Gasteiger partial charge is 0.338 e. The minimum Gasteiger partial charge on any atom is -0.497 e. The second-order valence-corrected chi connectivity index (χ2v) is 3.97. The number of benzene rings is 2. The molecule has 0 atom stereocenters. The minimum absolute atomic E-state index is 0.290. The van der Waals surface area contributed by atoms with Crippen LogP contribution < -0.4 is 15.5 Å². The van der Waals surface area contributed by atoms with Crippen LogP contribution in [0.3, 0.4) is 0 Å². The molecule has 100 valence electrons. The van der Waals surface area contributed by atoms with Gasteiger partial charge in [0.25, 0.3) is 0 Å². The third-order valence-corrected chi connectivity index (χ3v) is 2.80. The van der Waals surface area contributed by atoms with E-state index in [9.17, 15) is 4.79 Å². The maximum atomic E-state index is 11.0. The Kier molecular flexibility index (Phi) is 4.20. The van der Waals surface area contributed by atoms with Crippen LogP contribution in [0.1, 0.15) is 5.56 Å². The molecule has 5 heteroatoms. The average molecular weight is 260 g/mol. The zero-order chi connectivity index (χ0) is 13.7. The van der Waals surface area contributed by atoms with Crippen molar-refractivity contribution in [1.29, 1.82) is 0 Å². The molecule has 0 fully saturated rings. The van der Waals surface area contributed by atoms with Crippen LogP contribution >= 0.6 is 0 Å². The number of rotatable bonds is 4. The highest BCUT2D eigenvalue weighted by Gasteiger charge is 2.04. The molecule has 2 aromatic rings. The normalized spacial score (nSPS) is 10.2. The quantitative estimate of drug-likeness (QED) is 0.829. The van der Waals surface area contributed by atoms with Gasteiger partial charge in [-0.1, -0.05) is 24.3 Å². The van der Waals surface area contributed by atoms with Gasteiger partial charge in [-0.05, 0) is 28.5 Å². The van der Waals surface area contributed by atoms with Crippen molar-refractivity contribution in [1.82, 2.24) is 10.8 Å². The number of hydroxylamine groups is 1. The van der Waals surface area contributed by atoms with Gasteiger partial charge in [0.05, 0.1) is 7.11 Å². The summed E-state index contributed by atoms with van der Waals surface area (Å²) < 4.78 is 5.22. The van der Waals surface area contributed by atoms with E-state index in [2.05, 4.69) is 10.8 Å². The number of fused-ring (bicyclic) bond motifs is 1. The van der Waals surface area contributed by atoms with Crippen LogP contribution in [-0.2, 0) is 11.4 Å². The Morgan fingerprint density at radius 1 is 1.26 bits per heavy atom. The first-order chi connectivity index (χ1) is 9.24. The number of nitrogens with one attached hydrogen (secondary N) is 2. The molecular weight excluding hydrogens is 244 g/mol. The number of carbonyl (C=O) groups is 1. The van der Waals surface area contributed by atoms with E-state index in [1.807, 2.05) is 36.4 Å². The van der Waals surface area contributed by atoms with Gasteiger partial charge in [-0.2, -0.15) is 0 Å². The summed E-state index contributed by atoms with van der Waals surface area (Å²) in [6.07, 6.45) is 0. The molecule has 2 amide bonds. The van der Waals surface area contributed by atoms with Crippen LogP contribution in [0.2, 0.25) is 0 Å². The van der Waals surface area contributed by atoms with E-state index in [0.717, 1.165) is 22.1 Å². The fourth-order valence-electron chi connectivity index (χ4n) is 1.80. The molecule has 2 rings (SSSR count). The third kappa shape index (κ3) is 3.14. The van der Waals surface area contributed by atoms with Crippen LogP contribution in [0, 0.1) is 0 Å². The van der Waals surface area contributed by atoms with Crippen molar-refractivity contribution in [2.45, 2.75) is 6.61 Å². The molecule has 0 unspecified atom stereocenters. The standard InChI is InChI=1S/C14H16N2O3/c1-15-14(17)16-19-9-11-5-3-4-10-6-7-12(18-2)8-13(10)11/h3-8H,9H2,1-2H3,(H2,15,16,17). The van der Waals surface area contributed by atoms with Crippen LogP contribution in [0.25, 0.3) is 10.8 Å². The van der Waals surface area contributed by atoms with Crippen LogP contribution in [-0.4, -0.2) is 20.2 Å². The van der Waals surface area contributed by atoms with Gasteiger partial charge in [0.1, 0.15) is 12.4 Å². The largest absolute Gasteiger partial charge is 0.497 e. The number of urea groups is 1. The molecule has 0 aliphatic rings. The van der Waals surface area contributed by atoms with Crippen molar-refractivity contribution in [3.63, 3.8) is 0 Å². The molecule has 5 nitrogen and oxygen atoms in total. The SMILES string of the molecule is CNC(=O)NOCc1cccc2ccc(OC)cc12. The summed E-state index contributed by atoms with van der Waals surface area (Å²) in [4.78, 5) is 16.1. The van der Waals surface area contributed by atoms with Gasteiger partial charge >= 0.3 is 6.03 Å². The molecule has 0 aliphatic heterocycles. The van der Waals surface area contributed by atoms with Gasteiger partial charge in [-0.15, -0.1) is 0 Å². The Balaban J connectivity index is 2.19. The second kappa shape index (κ2) is 6.06. The Hall–Kier alpha value is -2.27. The Morgan fingerprint density at radius 3 is 2.84 bits per heavy atom. The second-order valence-electron chi connectivity index (χ2n) is 3.97. The molecule has 0 radical (unpaired) electrons. The molecule has 19 heavy (non-hydrogen) atoms. The number of hydrogen-bond acceptors (Lipinski definition) is 3. The highest BCUT2D eigenvalue weighted by molar-refractivity contribution is 5.87. The fourth-order valence-corrected chi connectivity index (χ4v) is 1.80. The predicted octanol–water partition coefficient (Wildman–Crippen LogP) is 2.21. The molecule has 2 aromatic carbocycles. The molecule has 0 aliphatic carbocycles. The van der Waals surface area contributed by atoms with Crippen molar-refractivity contribution < 1.29 is 14.4 Å². The summed E-state index contributed by atoms with van der Waals surface area (Å²) >= 11 is 0. The topological polar surface area (TPSA) is 59.6 Å². The lowest BCUT2D eigenvalue weighted by molar-refractivity contribution is 0.0503. The highest BCUT2D eigenvalue weighted by Crippen LogP contribution is 2.24. The van der Waals surface area contributed by atoms with Crippen molar-refractivity contribution in [2.24, 2.45) is 0 Å². The van der Waals surface area contributed by atoms with Gasteiger partial charge in [0.15, 0.2) is 0 Å². The lowest BCUT2D eigenvalue weighted by Gasteiger charge is -2.09. The summed E-state index contributed by atoms with van der Waals surface area (Å²) in [5.41, 5.74) is 3.27. The van der Waals surface area contributed by atoms with Crippen LogP contribution in [0.4, 0.5) is 4.79 Å². The van der Waals surface area contributed by atoms with E-state index < -0.39 is 0 Å². The van der Waals surface area contributed by atoms with E-state index in [-0.39, 0.29) is 12.6 Å². The Bertz CT molecular complexity index is 584. The lowest BCUT2D eigenvalue weighted by atomic mass is 10.0. The van der Waals surface area contributed by atoms with Crippen molar-refractivity contribution in [3.8, 4) is 5.75 Å². The zero-order valence-corrected chi connectivity index (χ0v) is 10.9. The van der Waals surface area contributed by atoms with Gasteiger partial charge in [-0.3, -0.25) is 4.84 Å². The number of ether oxygens (including phenoxy) is 1. The third-order valence-electron chi connectivity index (χ3n) is 2.80. The predicted molar refractivity (Wildman–Crippen MR) is 72.9 cm³/mol. The van der Waals surface area contributed by atoms with Crippen molar-refractivity contribution in [3.05, 3.63) is 42.0 Å². The number of methoxy groups -OCH3 is 1. The van der Waals surface area contributed by atoms with Gasteiger partial charge in [0, 0.05) is 7.05 Å². The van der Waals surface area contributed by atoms with Crippen molar-refractivity contribution in [2.75, 3.05) is 14.2 Å². The van der Waals surface area contributed by atoms with E-state index in [1.54, 1.807) is 7.11 Å². The summed E-state index contributed by atoms with van der Waals surface area (Å²) in [5, 5.41) is 4.55. The summed E-state index contributed by atoms with van der Waals surface area (Å²) in [6.45, 7) is 0.290. The van der Waals surface area contributed by atoms with Gasteiger partial charge in [0.2, 0.25) is 0 Å². The summed E-state index contributed by atoms with van der Waals surface area (Å²) in [6, 6.07) is 11.4. The molecule has 0 heterocycles. The van der Waals surface area contributed by atoms with Crippen LogP contribution in [0.15, 0.2) is 36.4 Å². The molecular formula is C14H16N2O3. The number of hydrogen-bond donors (Lipinski definition) is 2. The van der Waals surface area contributed by atoms with E-state index >= 15 is 0 Å². The number of carbonyl (C=O) groups excluding carboxylic acids is 1. The molecule has 0 saturated heterocycles. The fraction of sp³-hybridized carbons (Fsp3) is 0.214. The Labute approximate surface area is 111 Å². The van der Waals surface area contributed by atoms with Gasteiger partial charge in [-0.25, -0.2) is 10.3 Å². The van der Waals surface area contributed by atoms with E-state index in [1.165, 1.54) is 7.05 Å². The highest BCUT2D eigenvalue weighted by atomic mass is 16.7. The average Bonchev–Trinajstić information content (AvgIpc) is 2.46. The minimum atomic E-state index is -0.377. The molecule has 0 bridgehead atoms. The zero-order valence-electron chi connectivity index (χ0n) is 10.9. The molecule has 0 spiro atoms. The first-order valence-corrected chi connectivity index (χ1v) is 5.89. The molecule has 0 aromatic heterocycles. The van der Waals surface area contributed by atoms with Crippen LogP contribution in [0.5, 0.6) is 5.75 Å². The van der Waals surface area contributed by atoms with Gasteiger partial charge < -0.3 is 10.1 Å². The first-order valence-electron chi connectivity index (χ1n) is 5.89. The first kappa shape index (κ1) is 13.2. The van der Waals surface area contributed by atoms with E-state index in [4.69, 9.17) is 9.57 Å². The molecule has 2 N–H and O–H groups in total. The number of amides is 2. The van der Waals surface area contributed by atoms with E-state index in [0.29, 0.717) is 0 Å². The monoisotopic (exact) mass is 260 g/mol.